The van der Waals surface area contributed by atoms with Crippen LogP contribution in [-0.4, -0.2) is 9.13 Å². The van der Waals surface area contributed by atoms with Gasteiger partial charge < -0.3 is 9.13 Å². The highest BCUT2D eigenvalue weighted by Gasteiger charge is 2.21. The van der Waals surface area contributed by atoms with Crippen molar-refractivity contribution in [3.8, 4) is 44.8 Å². The standard InChI is InChI=1S/C48H32N2/c1-3-13-33(14-4-1)35-23-25-37(26-24-35)39-17-7-10-20-42(39)50-44-22-12-9-19-41(44)48-46(50)32-31-45-47(48)40-18-8-11-21-43(40)49(45)38-29-27-36(28-30-38)34-15-5-2-6-16-34/h1-32H. The second-order valence-electron chi connectivity index (χ2n) is 12.9. The van der Waals surface area contributed by atoms with E-state index in [1.54, 1.807) is 0 Å². The molecule has 0 saturated heterocycles. The smallest absolute Gasteiger partial charge is 0.0549 e. The maximum atomic E-state index is 2.46. The van der Waals surface area contributed by atoms with Gasteiger partial charge in [0.05, 0.1) is 27.8 Å². The van der Waals surface area contributed by atoms with E-state index in [-0.39, 0.29) is 0 Å². The molecule has 10 aromatic rings. The summed E-state index contributed by atoms with van der Waals surface area (Å²) in [6.45, 7) is 0. The summed E-state index contributed by atoms with van der Waals surface area (Å²) in [4.78, 5) is 0. The molecule has 0 fully saturated rings. The van der Waals surface area contributed by atoms with Crippen molar-refractivity contribution in [2.45, 2.75) is 0 Å². The zero-order chi connectivity index (χ0) is 33.0. The Morgan fingerprint density at radius 2 is 0.680 bits per heavy atom. The molecule has 0 spiro atoms. The van der Waals surface area contributed by atoms with Crippen LogP contribution in [0.4, 0.5) is 0 Å². The summed E-state index contributed by atoms with van der Waals surface area (Å²) in [7, 11) is 0. The minimum Gasteiger partial charge on any atom is -0.309 e. The fourth-order valence-electron chi connectivity index (χ4n) is 7.88. The van der Waals surface area contributed by atoms with Gasteiger partial charge in [-0.15, -0.1) is 0 Å². The first-order valence-electron chi connectivity index (χ1n) is 17.2. The second-order valence-corrected chi connectivity index (χ2v) is 12.9. The van der Waals surface area contributed by atoms with Gasteiger partial charge in [0, 0.05) is 32.8 Å². The molecule has 0 bridgehead atoms. The molecular formula is C48H32N2. The number of nitrogens with zero attached hydrogens (tertiary/aromatic N) is 2. The quantitative estimate of drug-likeness (QED) is 0.178. The van der Waals surface area contributed by atoms with Crippen LogP contribution in [-0.2, 0) is 0 Å². The third-order valence-corrected chi connectivity index (χ3v) is 10.2. The van der Waals surface area contributed by atoms with Gasteiger partial charge >= 0.3 is 0 Å². The van der Waals surface area contributed by atoms with Crippen molar-refractivity contribution in [2.75, 3.05) is 0 Å². The van der Waals surface area contributed by atoms with Crippen LogP contribution >= 0.6 is 0 Å². The lowest BCUT2D eigenvalue weighted by Gasteiger charge is -2.14. The Hall–Kier alpha value is -6.64. The first kappa shape index (κ1) is 28.4. The summed E-state index contributed by atoms with van der Waals surface area (Å²) in [5, 5.41) is 5.07. The van der Waals surface area contributed by atoms with Crippen molar-refractivity contribution < 1.29 is 0 Å². The van der Waals surface area contributed by atoms with E-state index in [9.17, 15) is 0 Å². The molecular weight excluding hydrogens is 605 g/mol. The van der Waals surface area contributed by atoms with Crippen LogP contribution in [0.2, 0.25) is 0 Å². The first-order chi connectivity index (χ1) is 24.8. The van der Waals surface area contributed by atoms with E-state index < -0.39 is 0 Å². The van der Waals surface area contributed by atoms with Gasteiger partial charge in [-0.1, -0.05) is 152 Å². The number of benzene rings is 8. The molecule has 2 nitrogen and oxygen atoms in total. The molecule has 0 radical (unpaired) electrons. The molecule has 0 N–H and O–H groups in total. The molecule has 2 aromatic heterocycles. The average molecular weight is 637 g/mol. The van der Waals surface area contributed by atoms with E-state index in [4.69, 9.17) is 0 Å². The molecule has 0 unspecified atom stereocenters. The average Bonchev–Trinajstić information content (AvgIpc) is 3.71. The number of fused-ring (bicyclic) bond motifs is 7. The highest BCUT2D eigenvalue weighted by atomic mass is 15.0. The number of aromatic nitrogens is 2. The van der Waals surface area contributed by atoms with Gasteiger partial charge in [-0.25, -0.2) is 0 Å². The molecule has 10 rings (SSSR count). The summed E-state index contributed by atoms with van der Waals surface area (Å²) >= 11 is 0. The molecule has 2 heterocycles. The van der Waals surface area contributed by atoms with Gasteiger partial charge in [0.15, 0.2) is 0 Å². The molecule has 0 aliphatic carbocycles. The predicted molar refractivity (Wildman–Crippen MR) is 211 cm³/mol. The normalized spacial score (nSPS) is 11.6. The van der Waals surface area contributed by atoms with Crippen LogP contribution < -0.4 is 0 Å². The molecule has 50 heavy (non-hydrogen) atoms. The van der Waals surface area contributed by atoms with Crippen molar-refractivity contribution in [3.63, 3.8) is 0 Å². The summed E-state index contributed by atoms with van der Waals surface area (Å²) < 4.78 is 4.89. The lowest BCUT2D eigenvalue weighted by atomic mass is 9.99. The van der Waals surface area contributed by atoms with Gasteiger partial charge in [-0.2, -0.15) is 0 Å². The number of hydrogen-bond acceptors (Lipinski definition) is 0. The zero-order valence-corrected chi connectivity index (χ0v) is 27.4. The van der Waals surface area contributed by atoms with Crippen LogP contribution in [0.5, 0.6) is 0 Å². The van der Waals surface area contributed by atoms with E-state index in [2.05, 4.69) is 203 Å². The number of hydrogen-bond donors (Lipinski definition) is 0. The molecule has 2 heteroatoms. The summed E-state index contributed by atoms with van der Waals surface area (Å²) in [6, 6.07) is 70.3. The van der Waals surface area contributed by atoms with Crippen molar-refractivity contribution in [2.24, 2.45) is 0 Å². The SMILES string of the molecule is c1ccc(-c2ccc(-c3ccccc3-n3c4ccccc4c4c5c6ccccc6n(-c6ccc(-c7ccccc7)cc6)c5ccc43)cc2)cc1. The van der Waals surface area contributed by atoms with Gasteiger partial charge in [0.25, 0.3) is 0 Å². The van der Waals surface area contributed by atoms with E-state index in [0.29, 0.717) is 0 Å². The highest BCUT2D eigenvalue weighted by Crippen LogP contribution is 2.43. The van der Waals surface area contributed by atoms with E-state index in [1.807, 2.05) is 0 Å². The molecule has 234 valence electrons. The van der Waals surface area contributed by atoms with Crippen LogP contribution in [0.1, 0.15) is 0 Å². The minimum atomic E-state index is 1.16. The number of para-hydroxylation sites is 3. The van der Waals surface area contributed by atoms with Crippen molar-refractivity contribution in [1.29, 1.82) is 0 Å². The third kappa shape index (κ3) is 4.43. The predicted octanol–water partition coefficient (Wildman–Crippen LogP) is 12.9. The lowest BCUT2D eigenvalue weighted by molar-refractivity contribution is 1.17. The first-order valence-corrected chi connectivity index (χ1v) is 17.2. The van der Waals surface area contributed by atoms with Crippen LogP contribution in [0.3, 0.4) is 0 Å². The van der Waals surface area contributed by atoms with Crippen LogP contribution in [0, 0.1) is 0 Å². The molecule has 0 saturated carbocycles. The Balaban J connectivity index is 1.20. The van der Waals surface area contributed by atoms with Gasteiger partial charge in [-0.3, -0.25) is 0 Å². The maximum Gasteiger partial charge on any atom is 0.0549 e. The second kappa shape index (κ2) is 11.5. The highest BCUT2D eigenvalue weighted by molar-refractivity contribution is 6.29. The Labute approximate surface area is 290 Å². The van der Waals surface area contributed by atoms with Crippen LogP contribution in [0.15, 0.2) is 194 Å². The fraction of sp³-hybridized carbons (Fsp3) is 0. The molecule has 0 aliphatic rings. The zero-order valence-electron chi connectivity index (χ0n) is 27.4. The Morgan fingerprint density at radius 1 is 0.260 bits per heavy atom. The van der Waals surface area contributed by atoms with E-state index in [0.717, 1.165) is 5.69 Å². The summed E-state index contributed by atoms with van der Waals surface area (Å²) in [5.41, 5.74) is 14.4. The Bertz CT molecular complexity index is 2820. The van der Waals surface area contributed by atoms with Crippen LogP contribution in [0.25, 0.3) is 88.4 Å². The van der Waals surface area contributed by atoms with E-state index in [1.165, 1.54) is 82.7 Å². The fourth-order valence-corrected chi connectivity index (χ4v) is 7.88. The largest absolute Gasteiger partial charge is 0.309 e. The monoisotopic (exact) mass is 636 g/mol. The van der Waals surface area contributed by atoms with Gasteiger partial charge in [0.2, 0.25) is 0 Å². The number of rotatable bonds is 5. The third-order valence-electron chi connectivity index (χ3n) is 10.2. The van der Waals surface area contributed by atoms with Crippen molar-refractivity contribution in [3.05, 3.63) is 194 Å². The molecule has 0 amide bonds. The van der Waals surface area contributed by atoms with Gasteiger partial charge in [-0.05, 0) is 70.3 Å². The van der Waals surface area contributed by atoms with E-state index >= 15 is 0 Å². The Kier molecular flexibility index (Phi) is 6.53. The lowest BCUT2D eigenvalue weighted by Crippen LogP contribution is -1.97. The summed E-state index contributed by atoms with van der Waals surface area (Å²) in [5.74, 6) is 0. The molecule has 0 aliphatic heterocycles. The topological polar surface area (TPSA) is 9.86 Å². The van der Waals surface area contributed by atoms with Crippen molar-refractivity contribution >= 4 is 43.6 Å². The maximum absolute atomic E-state index is 2.46. The Morgan fingerprint density at radius 3 is 1.28 bits per heavy atom. The summed E-state index contributed by atoms with van der Waals surface area (Å²) in [6.07, 6.45) is 0. The molecule has 0 atom stereocenters. The minimum absolute atomic E-state index is 1.16. The van der Waals surface area contributed by atoms with Crippen molar-refractivity contribution in [1.82, 2.24) is 9.13 Å². The molecule has 8 aromatic carbocycles. The van der Waals surface area contributed by atoms with Gasteiger partial charge in [0.1, 0.15) is 0 Å².